The number of carbonyl (C=O) groups excluding carboxylic acids is 1. The van der Waals surface area contributed by atoms with Crippen LogP contribution in [0.25, 0.3) is 6.08 Å². The number of rotatable bonds is 3. The van der Waals surface area contributed by atoms with E-state index in [0.29, 0.717) is 27.7 Å². The van der Waals surface area contributed by atoms with Gasteiger partial charge >= 0.3 is 0 Å². The van der Waals surface area contributed by atoms with Crippen LogP contribution in [0, 0.1) is 0 Å². The third kappa shape index (κ3) is 2.85. The molecular formula is C18H15ClN2O2. The van der Waals surface area contributed by atoms with Gasteiger partial charge in [0.2, 0.25) is 0 Å². The van der Waals surface area contributed by atoms with E-state index in [1.54, 1.807) is 32.2 Å². The summed E-state index contributed by atoms with van der Waals surface area (Å²) in [5.41, 5.74) is 2.56. The van der Waals surface area contributed by atoms with E-state index in [9.17, 15) is 4.79 Å². The maximum Gasteiger partial charge on any atom is 0.280 e. The summed E-state index contributed by atoms with van der Waals surface area (Å²) in [7, 11) is 1.60. The van der Waals surface area contributed by atoms with Crippen LogP contribution < -0.4 is 9.75 Å². The number of methoxy groups -OCH3 is 1. The summed E-state index contributed by atoms with van der Waals surface area (Å²) < 4.78 is 5.33. The number of ether oxygens (including phenoxy) is 1. The molecule has 0 aromatic heterocycles. The van der Waals surface area contributed by atoms with E-state index in [2.05, 4.69) is 5.10 Å². The SMILES string of the molecule is COc1ccccc1/C=C1/C(=O)N(c2ccccc2Cl)N=C1C. The molecule has 0 atom stereocenters. The number of carbonyl (C=O) groups is 1. The van der Waals surface area contributed by atoms with Crippen molar-refractivity contribution in [1.29, 1.82) is 0 Å². The number of benzene rings is 2. The number of anilines is 1. The van der Waals surface area contributed by atoms with Gasteiger partial charge in [0.1, 0.15) is 5.75 Å². The van der Waals surface area contributed by atoms with Gasteiger partial charge in [-0.1, -0.05) is 41.9 Å². The zero-order valence-electron chi connectivity index (χ0n) is 12.8. The molecule has 0 radical (unpaired) electrons. The fraction of sp³-hybridized carbons (Fsp3) is 0.111. The number of hydrazone groups is 1. The minimum Gasteiger partial charge on any atom is -0.496 e. The topological polar surface area (TPSA) is 41.9 Å². The number of hydrogen-bond acceptors (Lipinski definition) is 3. The molecule has 116 valence electrons. The molecule has 0 bridgehead atoms. The molecule has 5 heteroatoms. The Morgan fingerprint density at radius 3 is 2.57 bits per heavy atom. The van der Waals surface area contributed by atoms with Crippen molar-refractivity contribution >= 4 is 35.0 Å². The summed E-state index contributed by atoms with van der Waals surface area (Å²) in [6.07, 6.45) is 1.79. The van der Waals surface area contributed by atoms with Crippen LogP contribution in [0.5, 0.6) is 5.75 Å². The standard InChI is InChI=1S/C18H15ClN2O2/c1-12-14(11-13-7-3-6-10-17(13)23-2)18(22)21(20-12)16-9-5-4-8-15(16)19/h3-11H,1-2H3/b14-11+. The molecule has 1 amide bonds. The van der Waals surface area contributed by atoms with E-state index in [4.69, 9.17) is 16.3 Å². The number of amides is 1. The average molecular weight is 327 g/mol. The minimum absolute atomic E-state index is 0.207. The number of para-hydroxylation sites is 2. The molecule has 0 fully saturated rings. The van der Waals surface area contributed by atoms with Crippen LogP contribution in [0.1, 0.15) is 12.5 Å². The van der Waals surface area contributed by atoms with Crippen LogP contribution in [0.2, 0.25) is 5.02 Å². The first-order chi connectivity index (χ1) is 11.1. The summed E-state index contributed by atoms with van der Waals surface area (Å²) in [4.78, 5) is 12.7. The molecule has 0 saturated heterocycles. The zero-order chi connectivity index (χ0) is 16.4. The van der Waals surface area contributed by atoms with Crippen LogP contribution >= 0.6 is 11.6 Å². The van der Waals surface area contributed by atoms with Gasteiger partial charge in [0.05, 0.1) is 29.1 Å². The lowest BCUT2D eigenvalue weighted by atomic mass is 10.1. The smallest absolute Gasteiger partial charge is 0.280 e. The predicted molar refractivity (Wildman–Crippen MR) is 93.0 cm³/mol. The van der Waals surface area contributed by atoms with Gasteiger partial charge < -0.3 is 4.74 Å². The van der Waals surface area contributed by atoms with Crippen molar-refractivity contribution in [3.63, 3.8) is 0 Å². The molecule has 2 aromatic rings. The average Bonchev–Trinajstić information content (AvgIpc) is 2.84. The van der Waals surface area contributed by atoms with Gasteiger partial charge in [0.25, 0.3) is 5.91 Å². The lowest BCUT2D eigenvalue weighted by Crippen LogP contribution is -2.21. The van der Waals surface area contributed by atoms with Crippen molar-refractivity contribution in [2.45, 2.75) is 6.92 Å². The van der Waals surface area contributed by atoms with Gasteiger partial charge in [-0.25, -0.2) is 0 Å². The highest BCUT2D eigenvalue weighted by atomic mass is 35.5. The second-order valence-electron chi connectivity index (χ2n) is 5.05. The molecule has 4 nitrogen and oxygen atoms in total. The first kappa shape index (κ1) is 15.3. The monoisotopic (exact) mass is 326 g/mol. The van der Waals surface area contributed by atoms with E-state index in [1.165, 1.54) is 5.01 Å². The van der Waals surface area contributed by atoms with Gasteiger partial charge in [-0.15, -0.1) is 0 Å². The summed E-state index contributed by atoms with van der Waals surface area (Å²) in [6.45, 7) is 1.80. The molecule has 23 heavy (non-hydrogen) atoms. The molecular weight excluding hydrogens is 312 g/mol. The number of nitrogens with zero attached hydrogens (tertiary/aromatic N) is 2. The summed E-state index contributed by atoms with van der Waals surface area (Å²) in [5, 5.41) is 6.16. The third-order valence-electron chi connectivity index (χ3n) is 3.58. The van der Waals surface area contributed by atoms with Crippen LogP contribution in [-0.2, 0) is 4.79 Å². The highest BCUT2D eigenvalue weighted by Gasteiger charge is 2.30. The van der Waals surface area contributed by atoms with E-state index < -0.39 is 0 Å². The first-order valence-corrected chi connectivity index (χ1v) is 7.49. The molecule has 1 aliphatic heterocycles. The predicted octanol–water partition coefficient (Wildman–Crippen LogP) is 4.15. The first-order valence-electron chi connectivity index (χ1n) is 7.11. The molecule has 1 aliphatic rings. The molecule has 0 spiro atoms. The molecule has 3 rings (SSSR count). The van der Waals surface area contributed by atoms with Crippen molar-refractivity contribution < 1.29 is 9.53 Å². The second kappa shape index (κ2) is 6.26. The fourth-order valence-corrected chi connectivity index (χ4v) is 2.63. The van der Waals surface area contributed by atoms with Crippen molar-refractivity contribution in [3.05, 3.63) is 64.7 Å². The highest BCUT2D eigenvalue weighted by molar-refractivity contribution is 6.37. The molecule has 0 N–H and O–H groups in total. The van der Waals surface area contributed by atoms with Crippen LogP contribution in [0.15, 0.2) is 59.2 Å². The molecule has 1 heterocycles. The van der Waals surface area contributed by atoms with Crippen LogP contribution in [-0.4, -0.2) is 18.7 Å². The number of halogens is 1. The maximum atomic E-state index is 12.7. The fourth-order valence-electron chi connectivity index (χ4n) is 2.41. The Morgan fingerprint density at radius 2 is 1.83 bits per heavy atom. The normalized spacial score (nSPS) is 16.0. The Labute approximate surface area is 139 Å². The van der Waals surface area contributed by atoms with Gasteiger partial charge in [0, 0.05) is 5.56 Å². The quantitative estimate of drug-likeness (QED) is 0.795. The van der Waals surface area contributed by atoms with Crippen molar-refractivity contribution in [3.8, 4) is 5.75 Å². The Bertz CT molecular complexity index is 827. The molecule has 2 aromatic carbocycles. The molecule has 0 unspecified atom stereocenters. The van der Waals surface area contributed by atoms with E-state index >= 15 is 0 Å². The Kier molecular flexibility index (Phi) is 4.17. The maximum absolute atomic E-state index is 12.7. The molecule has 0 saturated carbocycles. The van der Waals surface area contributed by atoms with Gasteiger partial charge in [-0.05, 0) is 31.2 Å². The van der Waals surface area contributed by atoms with Gasteiger partial charge in [-0.3, -0.25) is 4.79 Å². The van der Waals surface area contributed by atoms with E-state index in [1.807, 2.05) is 36.4 Å². The van der Waals surface area contributed by atoms with Crippen molar-refractivity contribution in [2.75, 3.05) is 12.1 Å². The largest absolute Gasteiger partial charge is 0.496 e. The summed E-state index contributed by atoms with van der Waals surface area (Å²) in [5.74, 6) is 0.498. The van der Waals surface area contributed by atoms with Gasteiger partial charge in [0.15, 0.2) is 0 Å². The van der Waals surface area contributed by atoms with E-state index in [0.717, 1.165) is 5.56 Å². The number of hydrogen-bond donors (Lipinski definition) is 0. The second-order valence-corrected chi connectivity index (χ2v) is 5.46. The lowest BCUT2D eigenvalue weighted by Gasteiger charge is -2.13. The van der Waals surface area contributed by atoms with Crippen LogP contribution in [0.3, 0.4) is 0 Å². The van der Waals surface area contributed by atoms with Crippen molar-refractivity contribution in [1.82, 2.24) is 0 Å². The Morgan fingerprint density at radius 1 is 1.13 bits per heavy atom. The minimum atomic E-state index is -0.207. The lowest BCUT2D eigenvalue weighted by molar-refractivity contribution is -0.114. The summed E-state index contributed by atoms with van der Waals surface area (Å²) in [6, 6.07) is 14.7. The Balaban J connectivity index is 2.01. The zero-order valence-corrected chi connectivity index (χ0v) is 13.5. The third-order valence-corrected chi connectivity index (χ3v) is 3.90. The molecule has 0 aliphatic carbocycles. The van der Waals surface area contributed by atoms with E-state index in [-0.39, 0.29) is 5.91 Å². The van der Waals surface area contributed by atoms with Gasteiger partial charge in [-0.2, -0.15) is 10.1 Å². The summed E-state index contributed by atoms with van der Waals surface area (Å²) >= 11 is 6.17. The Hall–Kier alpha value is -2.59. The van der Waals surface area contributed by atoms with Crippen molar-refractivity contribution in [2.24, 2.45) is 5.10 Å². The van der Waals surface area contributed by atoms with Crippen LogP contribution in [0.4, 0.5) is 5.69 Å². The highest BCUT2D eigenvalue weighted by Crippen LogP contribution is 2.31.